The van der Waals surface area contributed by atoms with E-state index in [9.17, 15) is 4.79 Å². The van der Waals surface area contributed by atoms with Gasteiger partial charge in [-0.25, -0.2) is 0 Å². The third-order valence-corrected chi connectivity index (χ3v) is 1.44. The molecule has 0 saturated heterocycles. The van der Waals surface area contributed by atoms with Crippen molar-refractivity contribution in [3.8, 4) is 0 Å². The molecule has 3 nitrogen and oxygen atoms in total. The van der Waals surface area contributed by atoms with E-state index in [0.29, 0.717) is 5.69 Å². The van der Waals surface area contributed by atoms with E-state index in [1.54, 1.807) is 6.20 Å². The zero-order valence-corrected chi connectivity index (χ0v) is 5.85. The maximum Gasteiger partial charge on any atom is 0.204 e. The number of pyridine rings is 1. The Morgan fingerprint density at radius 1 is 1.70 bits per heavy atom. The molecule has 3 N–H and O–H groups in total. The largest absolute Gasteiger partial charge is 0.394 e. The molecule has 0 spiro atoms. The first-order valence-corrected chi connectivity index (χ1v) is 3.21. The maximum absolute atomic E-state index is 10.9. The van der Waals surface area contributed by atoms with E-state index in [1.807, 2.05) is 6.92 Å². The topological polar surface area (TPSA) is 58.9 Å². The van der Waals surface area contributed by atoms with Crippen LogP contribution in [0.4, 0.5) is 5.69 Å². The van der Waals surface area contributed by atoms with Gasteiger partial charge in [-0.3, -0.25) is 4.79 Å². The minimum atomic E-state index is -0.101. The quantitative estimate of drug-likeness (QED) is 0.594. The fourth-order valence-electron chi connectivity index (χ4n) is 0.827. The van der Waals surface area contributed by atoms with E-state index in [1.165, 1.54) is 6.07 Å². The first kappa shape index (κ1) is 6.86. The van der Waals surface area contributed by atoms with Gasteiger partial charge >= 0.3 is 0 Å². The average molecular weight is 138 g/mol. The summed E-state index contributed by atoms with van der Waals surface area (Å²) in [6, 6.07) is 1.43. The highest BCUT2D eigenvalue weighted by Gasteiger charge is 1.97. The highest BCUT2D eigenvalue weighted by molar-refractivity contribution is 5.41. The third-order valence-electron chi connectivity index (χ3n) is 1.44. The van der Waals surface area contributed by atoms with Gasteiger partial charge in [0.1, 0.15) is 0 Å². The van der Waals surface area contributed by atoms with Crippen molar-refractivity contribution in [2.45, 2.75) is 13.3 Å². The lowest BCUT2D eigenvalue weighted by Crippen LogP contribution is -2.10. The minimum absolute atomic E-state index is 0.101. The molecule has 0 aromatic carbocycles. The second-order valence-corrected chi connectivity index (χ2v) is 2.09. The van der Waals surface area contributed by atoms with Gasteiger partial charge < -0.3 is 10.7 Å². The zero-order valence-electron chi connectivity index (χ0n) is 5.85. The molecule has 1 aromatic rings. The lowest BCUT2D eigenvalue weighted by Gasteiger charge is -1.98. The number of H-pyrrole nitrogens is 1. The van der Waals surface area contributed by atoms with Crippen LogP contribution in [0.3, 0.4) is 0 Å². The molecule has 0 unspecified atom stereocenters. The molecule has 1 aromatic heterocycles. The maximum atomic E-state index is 10.9. The molecule has 0 aliphatic rings. The smallest absolute Gasteiger partial charge is 0.204 e. The summed E-state index contributed by atoms with van der Waals surface area (Å²) < 4.78 is 0. The zero-order chi connectivity index (χ0) is 7.56. The van der Waals surface area contributed by atoms with Crippen LogP contribution in [0.2, 0.25) is 0 Å². The number of aromatic nitrogens is 1. The van der Waals surface area contributed by atoms with Gasteiger partial charge in [0.05, 0.1) is 5.69 Å². The summed E-state index contributed by atoms with van der Waals surface area (Å²) in [6.45, 7) is 1.95. The Morgan fingerprint density at radius 2 is 2.40 bits per heavy atom. The van der Waals surface area contributed by atoms with E-state index in [-0.39, 0.29) is 5.43 Å². The molecule has 1 rings (SSSR count). The second kappa shape index (κ2) is 2.56. The van der Waals surface area contributed by atoms with Crippen LogP contribution in [0.5, 0.6) is 0 Å². The number of rotatable bonds is 1. The Balaban J connectivity index is 3.28. The van der Waals surface area contributed by atoms with Crippen molar-refractivity contribution < 1.29 is 0 Å². The van der Waals surface area contributed by atoms with Crippen LogP contribution in [-0.4, -0.2) is 4.98 Å². The summed E-state index contributed by atoms with van der Waals surface area (Å²) in [7, 11) is 0. The Labute approximate surface area is 58.9 Å². The van der Waals surface area contributed by atoms with E-state index in [4.69, 9.17) is 5.73 Å². The summed E-state index contributed by atoms with van der Waals surface area (Å²) >= 11 is 0. The molecule has 3 heteroatoms. The molecule has 0 atom stereocenters. The molecule has 54 valence electrons. The molecule has 0 fully saturated rings. The molecular formula is C7H10N2O. The number of nitrogens with one attached hydrogen (secondary N) is 1. The molecule has 10 heavy (non-hydrogen) atoms. The molecule has 0 saturated carbocycles. The monoisotopic (exact) mass is 138 g/mol. The first-order chi connectivity index (χ1) is 4.75. The number of nitrogen functional groups attached to an aromatic ring is 1. The van der Waals surface area contributed by atoms with E-state index in [2.05, 4.69) is 4.98 Å². The Hall–Kier alpha value is -1.25. The van der Waals surface area contributed by atoms with Gasteiger partial charge in [0.2, 0.25) is 5.43 Å². The van der Waals surface area contributed by atoms with Gasteiger partial charge in [-0.1, -0.05) is 6.92 Å². The van der Waals surface area contributed by atoms with Crippen LogP contribution in [0.25, 0.3) is 0 Å². The van der Waals surface area contributed by atoms with Crippen molar-refractivity contribution in [3.63, 3.8) is 0 Å². The lowest BCUT2D eigenvalue weighted by atomic mass is 10.2. The van der Waals surface area contributed by atoms with Gasteiger partial charge in [-0.15, -0.1) is 0 Å². The average Bonchev–Trinajstić information content (AvgIpc) is 1.95. The predicted octanol–water partition coefficient (Wildman–Crippen LogP) is 0.520. The number of hydrogen-bond acceptors (Lipinski definition) is 2. The van der Waals surface area contributed by atoms with Gasteiger partial charge in [-0.05, 0) is 6.42 Å². The number of anilines is 1. The van der Waals surface area contributed by atoms with Crippen molar-refractivity contribution >= 4 is 5.69 Å². The van der Waals surface area contributed by atoms with Crippen molar-refractivity contribution in [2.24, 2.45) is 0 Å². The molecule has 0 bridgehead atoms. The molecular weight excluding hydrogens is 128 g/mol. The molecule has 0 amide bonds. The van der Waals surface area contributed by atoms with Crippen molar-refractivity contribution in [1.82, 2.24) is 4.98 Å². The van der Waals surface area contributed by atoms with Crippen LogP contribution >= 0.6 is 0 Å². The van der Waals surface area contributed by atoms with E-state index < -0.39 is 0 Å². The highest BCUT2D eigenvalue weighted by Crippen LogP contribution is 2.00. The summed E-state index contributed by atoms with van der Waals surface area (Å²) in [6.07, 6.45) is 2.37. The van der Waals surface area contributed by atoms with E-state index >= 15 is 0 Å². The summed E-state index contributed by atoms with van der Waals surface area (Å²) in [5.41, 5.74) is 6.50. The molecule has 0 radical (unpaired) electrons. The van der Waals surface area contributed by atoms with Crippen LogP contribution in [0.1, 0.15) is 12.6 Å². The van der Waals surface area contributed by atoms with Crippen molar-refractivity contribution in [2.75, 3.05) is 5.73 Å². The van der Waals surface area contributed by atoms with Crippen LogP contribution in [-0.2, 0) is 6.42 Å². The number of nitrogens with two attached hydrogens (primary N) is 1. The van der Waals surface area contributed by atoms with Gasteiger partial charge in [0.15, 0.2) is 0 Å². The SMILES string of the molecule is CCc1[nH]ccc(=O)c1N. The number of aryl methyl sites for hydroxylation is 1. The van der Waals surface area contributed by atoms with Crippen molar-refractivity contribution in [3.05, 3.63) is 28.2 Å². The summed E-state index contributed by atoms with van der Waals surface area (Å²) in [5, 5.41) is 0. The minimum Gasteiger partial charge on any atom is -0.394 e. The molecule has 1 heterocycles. The van der Waals surface area contributed by atoms with Crippen LogP contribution < -0.4 is 11.2 Å². The molecule has 0 aliphatic heterocycles. The predicted molar refractivity (Wildman–Crippen MR) is 40.9 cm³/mol. The fourth-order valence-corrected chi connectivity index (χ4v) is 0.827. The normalized spacial score (nSPS) is 9.70. The van der Waals surface area contributed by atoms with Crippen LogP contribution in [0.15, 0.2) is 17.1 Å². The Bertz CT molecular complexity index is 277. The fraction of sp³-hybridized carbons (Fsp3) is 0.286. The second-order valence-electron chi connectivity index (χ2n) is 2.09. The van der Waals surface area contributed by atoms with Crippen molar-refractivity contribution in [1.29, 1.82) is 0 Å². The number of aromatic amines is 1. The highest BCUT2D eigenvalue weighted by atomic mass is 16.1. The van der Waals surface area contributed by atoms with Crippen LogP contribution in [0, 0.1) is 0 Å². The van der Waals surface area contributed by atoms with E-state index in [0.717, 1.165) is 12.1 Å². The van der Waals surface area contributed by atoms with Gasteiger partial charge in [-0.2, -0.15) is 0 Å². The Kier molecular flexibility index (Phi) is 1.76. The summed E-state index contributed by atoms with van der Waals surface area (Å²) in [4.78, 5) is 13.8. The molecule has 0 aliphatic carbocycles. The third kappa shape index (κ3) is 1.03. The number of hydrogen-bond donors (Lipinski definition) is 2. The van der Waals surface area contributed by atoms with Gasteiger partial charge in [0.25, 0.3) is 0 Å². The lowest BCUT2D eigenvalue weighted by molar-refractivity contribution is 1.04. The standard InChI is InChI=1S/C7H10N2O/c1-2-5-7(8)6(10)3-4-9-5/h3-4H,2,8H2,1H3,(H,9,10). The summed E-state index contributed by atoms with van der Waals surface area (Å²) in [5.74, 6) is 0. The first-order valence-electron chi connectivity index (χ1n) is 3.21. The van der Waals surface area contributed by atoms with Gasteiger partial charge in [0, 0.05) is 18.0 Å². The Morgan fingerprint density at radius 3 is 2.90 bits per heavy atom.